The van der Waals surface area contributed by atoms with Crippen LogP contribution in [0.1, 0.15) is 21.6 Å². The highest BCUT2D eigenvalue weighted by atomic mass is 16.6. The van der Waals surface area contributed by atoms with Gasteiger partial charge in [0.1, 0.15) is 5.69 Å². The van der Waals surface area contributed by atoms with E-state index in [-0.39, 0.29) is 17.0 Å². The number of fused-ring (bicyclic) bond motifs is 1. The quantitative estimate of drug-likeness (QED) is 0.415. The maximum absolute atomic E-state index is 13.0. The third kappa shape index (κ3) is 2.98. The van der Waals surface area contributed by atoms with Gasteiger partial charge in [0.15, 0.2) is 5.76 Å². The smallest absolute Gasteiger partial charge is 0.274 e. The molecule has 0 spiro atoms. The average Bonchev–Trinajstić information content (AvgIpc) is 3.33. The molecule has 0 aliphatic heterocycles. The van der Waals surface area contributed by atoms with Crippen molar-refractivity contribution < 1.29 is 18.7 Å². The number of hydrogen-bond donors (Lipinski definition) is 1. The Labute approximate surface area is 158 Å². The zero-order valence-electron chi connectivity index (χ0n) is 14.9. The topological polar surface area (TPSA) is 124 Å². The molecule has 0 bridgehead atoms. The zero-order chi connectivity index (χ0) is 19.8. The van der Waals surface area contributed by atoms with E-state index in [9.17, 15) is 14.9 Å². The zero-order valence-corrected chi connectivity index (χ0v) is 14.9. The van der Waals surface area contributed by atoms with Crippen LogP contribution in [-0.4, -0.2) is 21.0 Å². The van der Waals surface area contributed by atoms with Crippen LogP contribution in [0.15, 0.2) is 51.6 Å². The maximum Gasteiger partial charge on any atom is 0.274 e. The lowest BCUT2D eigenvalue weighted by Gasteiger charge is -2.08. The number of aryl methyl sites for hydroxylation is 2. The van der Waals surface area contributed by atoms with Crippen molar-refractivity contribution >= 4 is 28.4 Å². The molecule has 0 atom stereocenters. The normalized spacial score (nSPS) is 10.9. The van der Waals surface area contributed by atoms with E-state index in [0.29, 0.717) is 33.8 Å². The average molecular weight is 378 g/mol. The Bertz CT molecular complexity index is 1210. The Balaban J connectivity index is 1.78. The molecule has 1 aromatic carbocycles. The molecule has 9 nitrogen and oxygen atoms in total. The Morgan fingerprint density at radius 3 is 2.75 bits per heavy atom. The number of anilines is 1. The molecular formula is C19H14N4O5. The highest BCUT2D eigenvalue weighted by Crippen LogP contribution is 2.29. The minimum absolute atomic E-state index is 0.0740. The largest absolute Gasteiger partial charge is 0.463 e. The first-order chi connectivity index (χ1) is 13.4. The maximum atomic E-state index is 13.0. The molecule has 0 saturated carbocycles. The number of nitrogens with zero attached hydrogens (tertiary/aromatic N) is 3. The number of carbonyl (C=O) groups excluding carboxylic acids is 1. The lowest BCUT2D eigenvalue weighted by Crippen LogP contribution is -2.13. The van der Waals surface area contributed by atoms with Gasteiger partial charge in [0.05, 0.1) is 27.8 Å². The second kappa shape index (κ2) is 6.62. The van der Waals surface area contributed by atoms with E-state index in [4.69, 9.17) is 8.94 Å². The van der Waals surface area contributed by atoms with Crippen LogP contribution in [0.3, 0.4) is 0 Å². The number of benzene rings is 1. The van der Waals surface area contributed by atoms with E-state index in [1.54, 1.807) is 44.2 Å². The number of pyridine rings is 1. The molecule has 4 aromatic rings. The number of hydrogen-bond acceptors (Lipinski definition) is 7. The number of rotatable bonds is 4. The first kappa shape index (κ1) is 17.4. The molecule has 0 saturated heterocycles. The number of nitro groups is 1. The van der Waals surface area contributed by atoms with Crippen molar-refractivity contribution in [2.75, 3.05) is 5.32 Å². The van der Waals surface area contributed by atoms with Crippen molar-refractivity contribution in [2.45, 2.75) is 13.8 Å². The minimum atomic E-state index is -0.491. The predicted octanol–water partition coefficient (Wildman–Crippen LogP) is 4.26. The van der Waals surface area contributed by atoms with E-state index in [0.717, 1.165) is 0 Å². The van der Waals surface area contributed by atoms with Gasteiger partial charge in [-0.05, 0) is 38.1 Å². The summed E-state index contributed by atoms with van der Waals surface area (Å²) in [6.45, 7) is 3.33. The molecule has 0 fully saturated rings. The van der Waals surface area contributed by atoms with Gasteiger partial charge < -0.3 is 14.3 Å². The first-order valence-electron chi connectivity index (χ1n) is 8.31. The van der Waals surface area contributed by atoms with E-state index in [2.05, 4.69) is 15.5 Å². The highest BCUT2D eigenvalue weighted by Gasteiger charge is 2.21. The van der Waals surface area contributed by atoms with Crippen LogP contribution in [0.5, 0.6) is 0 Å². The fraction of sp³-hybridized carbons (Fsp3) is 0.105. The van der Waals surface area contributed by atoms with Gasteiger partial charge in [0.2, 0.25) is 0 Å². The summed E-state index contributed by atoms with van der Waals surface area (Å²) in [6.07, 6.45) is 1.50. The fourth-order valence-corrected chi connectivity index (χ4v) is 2.91. The standard InChI is InChI=1S/C19H14N4O5/c1-10-5-6-12(8-15(10)23(25)26)20-18(24)13-9-14(16-4-3-7-27-16)21-19-17(13)11(2)22-28-19/h3-9H,1-2H3,(H,20,24). The van der Waals surface area contributed by atoms with Gasteiger partial charge in [-0.15, -0.1) is 0 Å². The van der Waals surface area contributed by atoms with Gasteiger partial charge in [0.25, 0.3) is 17.3 Å². The molecule has 4 rings (SSSR count). The van der Waals surface area contributed by atoms with Gasteiger partial charge in [-0.2, -0.15) is 0 Å². The molecular weight excluding hydrogens is 364 g/mol. The monoisotopic (exact) mass is 378 g/mol. The summed E-state index contributed by atoms with van der Waals surface area (Å²) >= 11 is 0. The van der Waals surface area contributed by atoms with Crippen LogP contribution in [-0.2, 0) is 0 Å². The van der Waals surface area contributed by atoms with Gasteiger partial charge in [-0.1, -0.05) is 11.2 Å². The summed E-state index contributed by atoms with van der Waals surface area (Å²) in [6, 6.07) is 9.49. The van der Waals surface area contributed by atoms with Gasteiger partial charge in [-0.25, -0.2) is 4.98 Å². The summed E-state index contributed by atoms with van der Waals surface area (Å²) in [5.41, 5.74) is 2.13. The third-order valence-electron chi connectivity index (χ3n) is 4.30. The number of furan rings is 1. The molecule has 140 valence electrons. The van der Waals surface area contributed by atoms with Gasteiger partial charge in [-0.3, -0.25) is 14.9 Å². The lowest BCUT2D eigenvalue weighted by molar-refractivity contribution is -0.385. The van der Waals surface area contributed by atoms with Crippen molar-refractivity contribution in [2.24, 2.45) is 0 Å². The molecule has 3 aromatic heterocycles. The fourth-order valence-electron chi connectivity index (χ4n) is 2.91. The molecule has 0 unspecified atom stereocenters. The summed E-state index contributed by atoms with van der Waals surface area (Å²) in [7, 11) is 0. The highest BCUT2D eigenvalue weighted by molar-refractivity contribution is 6.13. The van der Waals surface area contributed by atoms with Crippen LogP contribution >= 0.6 is 0 Å². The van der Waals surface area contributed by atoms with Crippen LogP contribution < -0.4 is 5.32 Å². The third-order valence-corrected chi connectivity index (χ3v) is 4.30. The Morgan fingerprint density at radius 2 is 2.04 bits per heavy atom. The Morgan fingerprint density at radius 1 is 1.21 bits per heavy atom. The van der Waals surface area contributed by atoms with Crippen LogP contribution in [0.4, 0.5) is 11.4 Å². The molecule has 3 heterocycles. The molecule has 1 N–H and O–H groups in total. The van der Waals surface area contributed by atoms with E-state index < -0.39 is 10.8 Å². The Hall–Kier alpha value is -4.01. The molecule has 0 aliphatic carbocycles. The molecule has 9 heteroatoms. The van der Waals surface area contributed by atoms with E-state index in [1.807, 2.05) is 0 Å². The van der Waals surface area contributed by atoms with Crippen molar-refractivity contribution in [3.05, 3.63) is 69.6 Å². The van der Waals surface area contributed by atoms with Gasteiger partial charge >= 0.3 is 0 Å². The lowest BCUT2D eigenvalue weighted by atomic mass is 10.1. The number of carbonyl (C=O) groups is 1. The summed E-state index contributed by atoms with van der Waals surface area (Å²) in [5, 5.41) is 18.2. The van der Waals surface area contributed by atoms with Crippen molar-refractivity contribution in [1.82, 2.24) is 10.1 Å². The summed E-state index contributed by atoms with van der Waals surface area (Å²) in [5.74, 6) is 0.000587. The van der Waals surface area contributed by atoms with Crippen LogP contribution in [0.2, 0.25) is 0 Å². The van der Waals surface area contributed by atoms with Crippen molar-refractivity contribution in [3.63, 3.8) is 0 Å². The van der Waals surface area contributed by atoms with Crippen LogP contribution in [0, 0.1) is 24.0 Å². The number of aromatic nitrogens is 2. The van der Waals surface area contributed by atoms with Crippen molar-refractivity contribution in [3.8, 4) is 11.5 Å². The first-order valence-corrected chi connectivity index (χ1v) is 8.31. The number of amides is 1. The predicted molar refractivity (Wildman–Crippen MR) is 100 cm³/mol. The second-order valence-electron chi connectivity index (χ2n) is 6.19. The Kier molecular flexibility index (Phi) is 4.11. The van der Waals surface area contributed by atoms with Gasteiger partial charge in [0, 0.05) is 17.3 Å². The summed E-state index contributed by atoms with van der Waals surface area (Å²) in [4.78, 5) is 28.0. The van der Waals surface area contributed by atoms with Crippen LogP contribution in [0.25, 0.3) is 22.6 Å². The SMILES string of the molecule is Cc1ccc(NC(=O)c2cc(-c3ccco3)nc3onc(C)c23)cc1[N+](=O)[O-]. The van der Waals surface area contributed by atoms with E-state index >= 15 is 0 Å². The van der Waals surface area contributed by atoms with Crippen molar-refractivity contribution in [1.29, 1.82) is 0 Å². The minimum Gasteiger partial charge on any atom is -0.463 e. The molecule has 1 amide bonds. The molecule has 28 heavy (non-hydrogen) atoms. The van der Waals surface area contributed by atoms with E-state index in [1.165, 1.54) is 12.3 Å². The second-order valence-corrected chi connectivity index (χ2v) is 6.19. The number of nitro benzene ring substituents is 1. The number of nitrogens with one attached hydrogen (secondary N) is 1. The molecule has 0 aliphatic rings. The summed E-state index contributed by atoms with van der Waals surface area (Å²) < 4.78 is 10.6. The molecule has 0 radical (unpaired) electrons.